The van der Waals surface area contributed by atoms with Crippen LogP contribution in [0.25, 0.3) is 5.82 Å². The van der Waals surface area contributed by atoms with Gasteiger partial charge in [-0.15, -0.1) is 0 Å². The molecule has 1 saturated carbocycles. The number of aryl methyl sites for hydroxylation is 1. The first-order valence-corrected chi connectivity index (χ1v) is 5.90. The second-order valence-corrected chi connectivity index (χ2v) is 4.60. The molecule has 0 aliphatic heterocycles. The molecule has 0 radical (unpaired) electrons. The Morgan fingerprint density at radius 3 is 2.94 bits per heavy atom. The van der Waals surface area contributed by atoms with Crippen LogP contribution < -0.4 is 0 Å². The third-order valence-corrected chi connectivity index (χ3v) is 3.11. The maximum Gasteiger partial charge on any atom is 0.156 e. The summed E-state index contributed by atoms with van der Waals surface area (Å²) in [4.78, 5) is 4.35. The van der Waals surface area contributed by atoms with E-state index in [9.17, 15) is 0 Å². The number of rotatable bonds is 3. The van der Waals surface area contributed by atoms with E-state index in [2.05, 4.69) is 16.1 Å². The van der Waals surface area contributed by atoms with E-state index in [1.807, 2.05) is 23.9 Å². The maximum absolute atomic E-state index is 9.05. The zero-order valence-electron chi connectivity index (χ0n) is 9.80. The molecule has 1 aliphatic rings. The molecule has 0 unspecified atom stereocenters. The third-order valence-electron chi connectivity index (χ3n) is 3.11. The summed E-state index contributed by atoms with van der Waals surface area (Å²) < 4.78 is 1.82. The summed E-state index contributed by atoms with van der Waals surface area (Å²) in [5.74, 6) is 1.50. The molecule has 2 aromatic rings. The van der Waals surface area contributed by atoms with Gasteiger partial charge in [-0.2, -0.15) is 5.10 Å². The molecule has 17 heavy (non-hydrogen) atoms. The monoisotopic (exact) mass is 229 g/mol. The van der Waals surface area contributed by atoms with Gasteiger partial charge in [0, 0.05) is 18.3 Å². The number of aliphatic hydroxyl groups is 1. The van der Waals surface area contributed by atoms with Crippen molar-refractivity contribution in [1.82, 2.24) is 14.8 Å². The number of aliphatic hydroxyl groups excluding tert-OH is 1. The van der Waals surface area contributed by atoms with Gasteiger partial charge in [0.25, 0.3) is 0 Å². The SMILES string of the molecule is Cc1cc(CO)cnc1-n1ccc(C2CC2)n1. The Balaban J connectivity index is 1.96. The highest BCUT2D eigenvalue weighted by Crippen LogP contribution is 2.39. The van der Waals surface area contributed by atoms with Crippen molar-refractivity contribution in [2.75, 3.05) is 0 Å². The summed E-state index contributed by atoms with van der Waals surface area (Å²) in [5, 5.41) is 13.6. The molecule has 2 aromatic heterocycles. The quantitative estimate of drug-likeness (QED) is 0.875. The summed E-state index contributed by atoms with van der Waals surface area (Å²) in [6.07, 6.45) is 6.17. The molecule has 2 heterocycles. The van der Waals surface area contributed by atoms with Crippen LogP contribution in [0.4, 0.5) is 0 Å². The van der Waals surface area contributed by atoms with Crippen LogP contribution in [0, 0.1) is 6.92 Å². The number of aromatic nitrogens is 3. The topological polar surface area (TPSA) is 50.9 Å². The summed E-state index contributed by atoms with van der Waals surface area (Å²) in [6.45, 7) is 2.01. The van der Waals surface area contributed by atoms with Gasteiger partial charge in [0.05, 0.1) is 12.3 Å². The number of nitrogens with zero attached hydrogens (tertiary/aromatic N) is 3. The summed E-state index contributed by atoms with van der Waals surface area (Å²) in [5.41, 5.74) is 3.03. The third kappa shape index (κ3) is 1.96. The van der Waals surface area contributed by atoms with Crippen LogP contribution in [-0.4, -0.2) is 19.9 Å². The first-order valence-electron chi connectivity index (χ1n) is 5.90. The van der Waals surface area contributed by atoms with E-state index in [1.165, 1.54) is 12.8 Å². The fraction of sp³-hybridized carbons (Fsp3) is 0.385. The standard InChI is InChI=1S/C13H15N3O/c1-9-6-10(8-17)7-14-13(9)16-5-4-12(15-16)11-2-3-11/h4-7,11,17H,2-3,8H2,1H3. The van der Waals surface area contributed by atoms with Crippen molar-refractivity contribution in [2.24, 2.45) is 0 Å². The van der Waals surface area contributed by atoms with Gasteiger partial charge in [-0.25, -0.2) is 9.67 Å². The molecule has 0 saturated heterocycles. The molecular weight excluding hydrogens is 214 g/mol. The van der Waals surface area contributed by atoms with Crippen molar-refractivity contribution in [2.45, 2.75) is 32.3 Å². The highest BCUT2D eigenvalue weighted by Gasteiger charge is 2.26. The fourth-order valence-electron chi connectivity index (χ4n) is 2.00. The minimum Gasteiger partial charge on any atom is -0.392 e. The molecule has 1 aliphatic carbocycles. The van der Waals surface area contributed by atoms with Gasteiger partial charge in [-0.05, 0) is 43.0 Å². The summed E-state index contributed by atoms with van der Waals surface area (Å²) in [6, 6.07) is 4.01. The van der Waals surface area contributed by atoms with Crippen LogP contribution in [-0.2, 0) is 6.61 Å². The van der Waals surface area contributed by atoms with E-state index in [0.29, 0.717) is 5.92 Å². The van der Waals surface area contributed by atoms with Crippen LogP contribution in [0.2, 0.25) is 0 Å². The molecule has 0 spiro atoms. The normalized spacial score (nSPS) is 15.2. The van der Waals surface area contributed by atoms with E-state index in [0.717, 1.165) is 22.6 Å². The van der Waals surface area contributed by atoms with Gasteiger partial charge in [0.2, 0.25) is 0 Å². The van der Waals surface area contributed by atoms with Gasteiger partial charge < -0.3 is 5.11 Å². The molecule has 0 amide bonds. The lowest BCUT2D eigenvalue weighted by Crippen LogP contribution is -2.02. The minimum atomic E-state index is 0.0283. The van der Waals surface area contributed by atoms with E-state index in [-0.39, 0.29) is 6.61 Å². The first-order chi connectivity index (χ1) is 8.28. The van der Waals surface area contributed by atoms with Crippen LogP contribution in [0.15, 0.2) is 24.5 Å². The molecule has 0 bridgehead atoms. The first kappa shape index (κ1) is 10.5. The zero-order valence-corrected chi connectivity index (χ0v) is 9.80. The molecule has 0 atom stereocenters. The van der Waals surface area contributed by atoms with Crippen molar-refractivity contribution in [3.63, 3.8) is 0 Å². The lowest BCUT2D eigenvalue weighted by atomic mass is 10.2. The van der Waals surface area contributed by atoms with Crippen LogP contribution in [0.3, 0.4) is 0 Å². The Morgan fingerprint density at radius 2 is 2.29 bits per heavy atom. The maximum atomic E-state index is 9.05. The van der Waals surface area contributed by atoms with Crippen LogP contribution in [0.5, 0.6) is 0 Å². The minimum absolute atomic E-state index is 0.0283. The Morgan fingerprint density at radius 1 is 1.47 bits per heavy atom. The Hall–Kier alpha value is -1.68. The van der Waals surface area contributed by atoms with Gasteiger partial charge in [0.15, 0.2) is 5.82 Å². The highest BCUT2D eigenvalue weighted by atomic mass is 16.3. The predicted molar refractivity (Wildman–Crippen MR) is 64.0 cm³/mol. The average molecular weight is 229 g/mol. The Bertz CT molecular complexity index is 543. The summed E-state index contributed by atoms with van der Waals surface area (Å²) in [7, 11) is 0. The summed E-state index contributed by atoms with van der Waals surface area (Å²) >= 11 is 0. The highest BCUT2D eigenvalue weighted by molar-refractivity contribution is 5.35. The zero-order chi connectivity index (χ0) is 11.8. The van der Waals surface area contributed by atoms with E-state index in [4.69, 9.17) is 5.11 Å². The van der Waals surface area contributed by atoms with E-state index in [1.54, 1.807) is 6.20 Å². The largest absolute Gasteiger partial charge is 0.392 e. The van der Waals surface area contributed by atoms with Crippen LogP contribution >= 0.6 is 0 Å². The Kier molecular flexibility index (Phi) is 2.44. The molecule has 4 heteroatoms. The number of hydrogen-bond donors (Lipinski definition) is 1. The number of hydrogen-bond acceptors (Lipinski definition) is 3. The second kappa shape index (κ2) is 3.96. The molecular formula is C13H15N3O. The van der Waals surface area contributed by atoms with Crippen molar-refractivity contribution < 1.29 is 5.11 Å². The fourth-order valence-corrected chi connectivity index (χ4v) is 2.00. The van der Waals surface area contributed by atoms with Crippen molar-refractivity contribution in [3.8, 4) is 5.82 Å². The van der Waals surface area contributed by atoms with E-state index >= 15 is 0 Å². The van der Waals surface area contributed by atoms with Gasteiger partial charge in [-0.3, -0.25) is 0 Å². The van der Waals surface area contributed by atoms with Gasteiger partial charge in [-0.1, -0.05) is 0 Å². The van der Waals surface area contributed by atoms with Gasteiger partial charge in [0.1, 0.15) is 0 Å². The average Bonchev–Trinajstić information content (AvgIpc) is 3.08. The molecule has 1 N–H and O–H groups in total. The molecule has 3 rings (SSSR count). The number of pyridine rings is 1. The lowest BCUT2D eigenvalue weighted by Gasteiger charge is -2.06. The molecule has 88 valence electrons. The molecule has 1 fully saturated rings. The van der Waals surface area contributed by atoms with Crippen molar-refractivity contribution in [1.29, 1.82) is 0 Å². The van der Waals surface area contributed by atoms with Crippen molar-refractivity contribution in [3.05, 3.63) is 41.3 Å². The van der Waals surface area contributed by atoms with Crippen LogP contribution in [0.1, 0.15) is 35.6 Å². The van der Waals surface area contributed by atoms with Crippen molar-refractivity contribution >= 4 is 0 Å². The van der Waals surface area contributed by atoms with E-state index < -0.39 is 0 Å². The smallest absolute Gasteiger partial charge is 0.156 e. The lowest BCUT2D eigenvalue weighted by molar-refractivity contribution is 0.281. The predicted octanol–water partition coefficient (Wildman–Crippen LogP) is 1.95. The molecule has 4 nitrogen and oxygen atoms in total. The Labute approximate surface area is 99.9 Å². The molecule has 0 aromatic carbocycles. The van der Waals surface area contributed by atoms with Gasteiger partial charge >= 0.3 is 0 Å². The second-order valence-electron chi connectivity index (χ2n) is 4.60.